The van der Waals surface area contributed by atoms with Crippen LogP contribution in [0.3, 0.4) is 0 Å². The molecule has 1 fully saturated rings. The molecule has 0 spiro atoms. The van der Waals surface area contributed by atoms with Gasteiger partial charge < -0.3 is 9.47 Å². The molecule has 1 atom stereocenters. The number of benzene rings is 1. The van der Waals surface area contributed by atoms with Gasteiger partial charge in [-0.1, -0.05) is 37.9 Å². The Morgan fingerprint density at radius 1 is 1.38 bits per heavy atom. The van der Waals surface area contributed by atoms with Crippen molar-refractivity contribution in [3.63, 3.8) is 0 Å². The maximum atomic E-state index is 5.71. The second kappa shape index (κ2) is 4.90. The Bertz CT molecular complexity index is 380. The maximum Gasteiger partial charge on any atom is 0.129 e. The van der Waals surface area contributed by atoms with E-state index in [0.29, 0.717) is 6.61 Å². The lowest BCUT2D eigenvalue weighted by Gasteiger charge is -2.12. The summed E-state index contributed by atoms with van der Waals surface area (Å²) in [4.78, 5) is 0. The molecule has 0 radical (unpaired) electrons. The molecule has 1 aromatic rings. The third-order valence-electron chi connectivity index (χ3n) is 2.41. The summed E-state index contributed by atoms with van der Waals surface area (Å²) in [5.74, 6) is 0.834. The van der Waals surface area contributed by atoms with Crippen molar-refractivity contribution in [2.45, 2.75) is 12.0 Å². The number of hydrogen-bond donors (Lipinski definition) is 0. The highest BCUT2D eigenvalue weighted by Gasteiger charge is 2.44. The fraction of sp³-hybridized carbons (Fsp3) is 0.333. The van der Waals surface area contributed by atoms with E-state index in [4.69, 9.17) is 9.47 Å². The number of hydrogen-bond acceptors (Lipinski definition) is 2. The number of epoxide rings is 1. The van der Waals surface area contributed by atoms with E-state index in [1.165, 1.54) is 0 Å². The van der Waals surface area contributed by atoms with Crippen LogP contribution in [-0.2, 0) is 4.74 Å². The van der Waals surface area contributed by atoms with E-state index < -0.39 is 0 Å². The van der Waals surface area contributed by atoms with Gasteiger partial charge in [-0.3, -0.25) is 0 Å². The van der Waals surface area contributed by atoms with Gasteiger partial charge >= 0.3 is 0 Å². The van der Waals surface area contributed by atoms with Gasteiger partial charge in [0.2, 0.25) is 0 Å². The zero-order valence-electron chi connectivity index (χ0n) is 8.71. The average molecular weight is 348 g/mol. The number of ether oxygens (including phenoxy) is 2. The van der Waals surface area contributed by atoms with E-state index in [0.717, 1.165) is 27.7 Å². The third-order valence-corrected chi connectivity index (χ3v) is 3.32. The molecule has 0 amide bonds. The molecule has 86 valence electrons. The molecule has 16 heavy (non-hydrogen) atoms. The first-order chi connectivity index (χ1) is 7.63. The Morgan fingerprint density at radius 2 is 2.00 bits per heavy atom. The monoisotopic (exact) mass is 346 g/mol. The Hall–Kier alpha value is -0.320. The first-order valence-corrected chi connectivity index (χ1v) is 6.56. The number of halogens is 2. The smallest absolute Gasteiger partial charge is 0.129 e. The predicted molar refractivity (Wildman–Crippen MR) is 70.8 cm³/mol. The van der Waals surface area contributed by atoms with Crippen LogP contribution in [0.1, 0.15) is 6.42 Å². The second-order valence-electron chi connectivity index (χ2n) is 3.86. The van der Waals surface area contributed by atoms with Crippen molar-refractivity contribution in [1.82, 2.24) is 0 Å². The molecular formula is C12H12Br2O2. The van der Waals surface area contributed by atoms with Crippen LogP contribution < -0.4 is 4.74 Å². The molecule has 2 rings (SSSR count). The minimum atomic E-state index is -0.128. The Labute approximate surface area is 112 Å². The average Bonchev–Trinajstić information content (AvgIpc) is 2.95. The highest BCUT2D eigenvalue weighted by atomic mass is 79.9. The van der Waals surface area contributed by atoms with Crippen LogP contribution in [0.5, 0.6) is 5.75 Å². The molecule has 1 aliphatic rings. The van der Waals surface area contributed by atoms with Crippen molar-refractivity contribution >= 4 is 31.9 Å². The van der Waals surface area contributed by atoms with Crippen molar-refractivity contribution in [2.24, 2.45) is 0 Å². The summed E-state index contributed by atoms with van der Waals surface area (Å²) >= 11 is 6.84. The second-order valence-corrected chi connectivity index (χ2v) is 5.69. The fourth-order valence-corrected chi connectivity index (χ4v) is 2.70. The van der Waals surface area contributed by atoms with Gasteiger partial charge in [0.05, 0.1) is 6.61 Å². The lowest BCUT2D eigenvalue weighted by atomic mass is 10.1. The molecule has 0 bridgehead atoms. The quantitative estimate of drug-likeness (QED) is 0.594. The van der Waals surface area contributed by atoms with Gasteiger partial charge in [-0.05, 0) is 24.6 Å². The molecule has 0 aromatic heterocycles. The lowest BCUT2D eigenvalue weighted by Crippen LogP contribution is -2.20. The van der Waals surface area contributed by atoms with Crippen LogP contribution in [-0.4, -0.2) is 18.8 Å². The molecule has 1 heterocycles. The molecule has 0 saturated carbocycles. The van der Waals surface area contributed by atoms with Gasteiger partial charge in [-0.25, -0.2) is 0 Å². The summed E-state index contributed by atoms with van der Waals surface area (Å²) in [5.41, 5.74) is -0.128. The van der Waals surface area contributed by atoms with E-state index >= 15 is 0 Å². The van der Waals surface area contributed by atoms with Crippen LogP contribution >= 0.6 is 31.9 Å². The van der Waals surface area contributed by atoms with Crippen LogP contribution in [0.25, 0.3) is 0 Å². The van der Waals surface area contributed by atoms with Gasteiger partial charge in [0.25, 0.3) is 0 Å². The van der Waals surface area contributed by atoms with E-state index in [9.17, 15) is 0 Å². The van der Waals surface area contributed by atoms with Crippen molar-refractivity contribution in [1.29, 1.82) is 0 Å². The van der Waals surface area contributed by atoms with Gasteiger partial charge in [0.1, 0.15) is 18.0 Å². The van der Waals surface area contributed by atoms with Gasteiger partial charge in [-0.2, -0.15) is 0 Å². The van der Waals surface area contributed by atoms with Crippen molar-refractivity contribution < 1.29 is 9.47 Å². The Morgan fingerprint density at radius 3 is 2.50 bits per heavy atom. The fourth-order valence-electron chi connectivity index (χ4n) is 1.45. The van der Waals surface area contributed by atoms with Gasteiger partial charge in [-0.15, -0.1) is 6.58 Å². The van der Waals surface area contributed by atoms with E-state index in [2.05, 4.69) is 38.4 Å². The van der Waals surface area contributed by atoms with Crippen LogP contribution in [0, 0.1) is 0 Å². The number of rotatable bonds is 5. The summed E-state index contributed by atoms with van der Waals surface area (Å²) in [7, 11) is 0. The van der Waals surface area contributed by atoms with Crippen LogP contribution in [0.2, 0.25) is 0 Å². The molecular weight excluding hydrogens is 336 g/mol. The van der Waals surface area contributed by atoms with Gasteiger partial charge in [0, 0.05) is 8.95 Å². The van der Waals surface area contributed by atoms with Crippen LogP contribution in [0.4, 0.5) is 0 Å². The zero-order chi connectivity index (χ0) is 11.6. The molecule has 1 aromatic carbocycles. The summed E-state index contributed by atoms with van der Waals surface area (Å²) in [6, 6.07) is 5.85. The minimum Gasteiger partial charge on any atom is -0.490 e. The highest BCUT2D eigenvalue weighted by Crippen LogP contribution is 2.33. The van der Waals surface area contributed by atoms with E-state index in [-0.39, 0.29) is 5.60 Å². The normalized spacial score (nSPS) is 22.9. The summed E-state index contributed by atoms with van der Waals surface area (Å²) in [6.45, 7) is 5.05. The zero-order valence-corrected chi connectivity index (χ0v) is 11.9. The Kier molecular flexibility index (Phi) is 3.72. The first kappa shape index (κ1) is 12.1. The molecule has 0 aliphatic carbocycles. The van der Waals surface area contributed by atoms with Crippen molar-refractivity contribution in [2.75, 3.05) is 13.2 Å². The van der Waals surface area contributed by atoms with Gasteiger partial charge in [0.15, 0.2) is 0 Å². The Balaban J connectivity index is 1.97. The largest absolute Gasteiger partial charge is 0.490 e. The maximum absolute atomic E-state index is 5.71. The molecule has 0 N–H and O–H groups in total. The molecule has 1 unspecified atom stereocenters. The molecule has 2 nitrogen and oxygen atoms in total. The third kappa shape index (κ3) is 3.09. The van der Waals surface area contributed by atoms with Crippen LogP contribution in [0.15, 0.2) is 39.8 Å². The molecule has 1 saturated heterocycles. The lowest BCUT2D eigenvalue weighted by molar-refractivity contribution is 0.190. The summed E-state index contributed by atoms with van der Waals surface area (Å²) in [6.07, 6.45) is 2.70. The predicted octanol–water partition coefficient (Wildman–Crippen LogP) is 3.94. The van der Waals surface area contributed by atoms with Crippen molar-refractivity contribution in [3.05, 3.63) is 39.8 Å². The highest BCUT2D eigenvalue weighted by molar-refractivity contribution is 9.11. The van der Waals surface area contributed by atoms with E-state index in [1.54, 1.807) is 0 Å². The summed E-state index contributed by atoms with van der Waals surface area (Å²) in [5, 5.41) is 0. The van der Waals surface area contributed by atoms with Crippen molar-refractivity contribution in [3.8, 4) is 5.75 Å². The minimum absolute atomic E-state index is 0.128. The standard InChI is InChI=1S/C12H12Br2O2/c1-2-3-12(8-16-12)7-15-11-5-9(13)4-10(14)6-11/h2,4-6H,1,3,7-8H2. The summed E-state index contributed by atoms with van der Waals surface area (Å²) < 4.78 is 13.1. The topological polar surface area (TPSA) is 21.8 Å². The molecule has 1 aliphatic heterocycles. The molecule has 4 heteroatoms. The first-order valence-electron chi connectivity index (χ1n) is 4.97. The SMILES string of the molecule is C=CCC1(COc2cc(Br)cc(Br)c2)CO1. The van der Waals surface area contributed by atoms with E-state index in [1.807, 2.05) is 24.3 Å².